The molecule has 5 rings (SSSR count). The topological polar surface area (TPSA) is 122 Å². The van der Waals surface area contributed by atoms with Crippen LogP contribution in [-0.2, 0) is 13.6 Å². The van der Waals surface area contributed by atoms with Crippen LogP contribution in [0.4, 0.5) is 11.4 Å². The quantitative estimate of drug-likeness (QED) is 0.252. The van der Waals surface area contributed by atoms with Gasteiger partial charge in [-0.3, -0.25) is 14.4 Å². The summed E-state index contributed by atoms with van der Waals surface area (Å²) in [5.41, 5.74) is 11.6. The number of nitrogens with zero attached hydrogens (tertiary/aromatic N) is 1. The van der Waals surface area contributed by atoms with Gasteiger partial charge in [-0.05, 0) is 48.4 Å². The molecule has 0 aliphatic rings. The van der Waals surface area contributed by atoms with E-state index in [4.69, 9.17) is 5.73 Å². The van der Waals surface area contributed by atoms with Gasteiger partial charge in [-0.1, -0.05) is 54.1 Å². The number of nitrogens with two attached hydrogens (primary N) is 1. The van der Waals surface area contributed by atoms with E-state index in [-0.39, 0.29) is 23.9 Å². The number of aromatic amines is 1. The lowest BCUT2D eigenvalue weighted by Crippen LogP contribution is -2.23. The van der Waals surface area contributed by atoms with Crippen LogP contribution in [0, 0.1) is 6.92 Å². The fourth-order valence-corrected chi connectivity index (χ4v) is 4.36. The average Bonchev–Trinajstić information content (AvgIpc) is 3.37. The predicted molar refractivity (Wildman–Crippen MR) is 150 cm³/mol. The number of fused-ring (bicyclic) bond motifs is 1. The number of para-hydroxylation sites is 2. The summed E-state index contributed by atoms with van der Waals surface area (Å²) in [7, 11) is 1.69. The van der Waals surface area contributed by atoms with E-state index in [1.54, 1.807) is 67.8 Å². The zero-order valence-corrected chi connectivity index (χ0v) is 21.0. The maximum Gasteiger partial charge on any atom is 0.274 e. The SMILES string of the molecule is Cc1cccc(-c2cn(C)c(=O)c3[nH]c(C(=O)NCc4ccc(C(=O)Nc5ccccc5N)cc4)cc23)c1. The Hall–Kier alpha value is -5.11. The van der Waals surface area contributed by atoms with E-state index >= 15 is 0 Å². The first-order valence-corrected chi connectivity index (χ1v) is 12.1. The Labute approximate surface area is 219 Å². The number of benzene rings is 3. The molecule has 5 N–H and O–H groups in total. The maximum absolute atomic E-state index is 13.0. The van der Waals surface area contributed by atoms with Crippen molar-refractivity contribution in [3.8, 4) is 11.1 Å². The molecule has 0 aliphatic heterocycles. The zero-order valence-electron chi connectivity index (χ0n) is 21.0. The van der Waals surface area contributed by atoms with Crippen LogP contribution in [0.1, 0.15) is 32.0 Å². The Kier molecular flexibility index (Phi) is 6.53. The number of hydrogen-bond donors (Lipinski definition) is 4. The van der Waals surface area contributed by atoms with E-state index in [2.05, 4.69) is 15.6 Å². The molecule has 3 aromatic carbocycles. The largest absolute Gasteiger partial charge is 0.397 e. The summed E-state index contributed by atoms with van der Waals surface area (Å²) < 4.78 is 1.52. The Morgan fingerprint density at radius 1 is 0.947 bits per heavy atom. The number of nitrogens with one attached hydrogen (secondary N) is 3. The first-order chi connectivity index (χ1) is 18.3. The number of aryl methyl sites for hydroxylation is 2. The van der Waals surface area contributed by atoms with Gasteiger partial charge in [0.15, 0.2) is 0 Å². The lowest BCUT2D eigenvalue weighted by atomic mass is 10.0. The van der Waals surface area contributed by atoms with E-state index in [0.717, 1.165) is 22.3 Å². The molecule has 0 saturated carbocycles. The zero-order chi connectivity index (χ0) is 26.8. The molecule has 2 heterocycles. The van der Waals surface area contributed by atoms with Gasteiger partial charge in [0.25, 0.3) is 17.4 Å². The summed E-state index contributed by atoms with van der Waals surface area (Å²) in [5.74, 6) is -0.609. The van der Waals surface area contributed by atoms with Gasteiger partial charge in [0.2, 0.25) is 0 Å². The molecule has 0 radical (unpaired) electrons. The highest BCUT2D eigenvalue weighted by molar-refractivity contribution is 6.06. The summed E-state index contributed by atoms with van der Waals surface area (Å²) in [6.45, 7) is 2.27. The smallest absolute Gasteiger partial charge is 0.274 e. The number of H-pyrrole nitrogens is 1. The van der Waals surface area contributed by atoms with Gasteiger partial charge in [0.1, 0.15) is 11.2 Å². The number of anilines is 2. The van der Waals surface area contributed by atoms with E-state index in [1.165, 1.54) is 4.57 Å². The molecular formula is C30H27N5O3. The van der Waals surface area contributed by atoms with Crippen molar-refractivity contribution in [2.24, 2.45) is 7.05 Å². The van der Waals surface area contributed by atoms with Crippen LogP contribution in [0.3, 0.4) is 0 Å². The first kappa shape index (κ1) is 24.6. The molecule has 2 amide bonds. The second-order valence-electron chi connectivity index (χ2n) is 9.22. The predicted octanol–water partition coefficient (Wildman–Crippen LogP) is 4.61. The monoisotopic (exact) mass is 505 g/mol. The van der Waals surface area contributed by atoms with Crippen LogP contribution in [-0.4, -0.2) is 21.4 Å². The highest BCUT2D eigenvalue weighted by atomic mass is 16.2. The van der Waals surface area contributed by atoms with Crippen molar-refractivity contribution < 1.29 is 9.59 Å². The summed E-state index contributed by atoms with van der Waals surface area (Å²) in [4.78, 5) is 41.3. The standard InChI is InChI=1S/C30H27N5O3/c1-18-6-5-7-21(14-18)23-17-35(2)30(38)27-22(23)15-26(33-27)29(37)32-16-19-10-12-20(13-11-19)28(36)34-25-9-4-3-8-24(25)31/h3-15,17,33H,16,31H2,1-2H3,(H,32,37)(H,34,36). The molecule has 0 saturated heterocycles. The van der Waals surface area contributed by atoms with Crippen LogP contribution in [0.15, 0.2) is 89.9 Å². The molecule has 0 atom stereocenters. The van der Waals surface area contributed by atoms with Crippen molar-refractivity contribution in [1.82, 2.24) is 14.9 Å². The Balaban J connectivity index is 1.31. The summed E-state index contributed by atoms with van der Waals surface area (Å²) in [6.07, 6.45) is 1.79. The molecule has 0 spiro atoms. The van der Waals surface area contributed by atoms with Crippen molar-refractivity contribution in [1.29, 1.82) is 0 Å². The van der Waals surface area contributed by atoms with E-state index in [9.17, 15) is 14.4 Å². The lowest BCUT2D eigenvalue weighted by Gasteiger charge is -2.09. The number of nitrogen functional groups attached to an aromatic ring is 1. The van der Waals surface area contributed by atoms with E-state index in [1.807, 2.05) is 31.2 Å². The first-order valence-electron chi connectivity index (χ1n) is 12.1. The Bertz CT molecular complexity index is 1730. The number of aromatic nitrogens is 2. The fourth-order valence-electron chi connectivity index (χ4n) is 4.36. The number of pyridine rings is 1. The van der Waals surface area contributed by atoms with Crippen LogP contribution < -0.4 is 21.9 Å². The minimum atomic E-state index is -0.334. The number of carbonyl (C=O) groups excluding carboxylic acids is 2. The lowest BCUT2D eigenvalue weighted by molar-refractivity contribution is 0.0945. The third-order valence-electron chi connectivity index (χ3n) is 6.42. The Morgan fingerprint density at radius 2 is 1.71 bits per heavy atom. The van der Waals surface area contributed by atoms with Gasteiger partial charge in [0.05, 0.1) is 11.4 Å². The maximum atomic E-state index is 13.0. The second-order valence-corrected chi connectivity index (χ2v) is 9.22. The number of rotatable bonds is 6. The number of amides is 2. The molecule has 38 heavy (non-hydrogen) atoms. The van der Waals surface area contributed by atoms with Crippen LogP contribution in [0.5, 0.6) is 0 Å². The van der Waals surface area contributed by atoms with Crippen molar-refractivity contribution in [2.45, 2.75) is 13.5 Å². The summed E-state index contributed by atoms with van der Waals surface area (Å²) >= 11 is 0. The van der Waals surface area contributed by atoms with E-state index in [0.29, 0.717) is 33.5 Å². The fraction of sp³-hybridized carbons (Fsp3) is 0.100. The van der Waals surface area contributed by atoms with Crippen LogP contribution >= 0.6 is 0 Å². The van der Waals surface area contributed by atoms with Gasteiger partial charge < -0.3 is 25.9 Å². The van der Waals surface area contributed by atoms with Gasteiger partial charge in [-0.15, -0.1) is 0 Å². The molecule has 0 fully saturated rings. The van der Waals surface area contributed by atoms with Crippen molar-refractivity contribution >= 4 is 34.1 Å². The van der Waals surface area contributed by atoms with Crippen LogP contribution in [0.25, 0.3) is 22.0 Å². The minimum absolute atomic E-state index is 0.207. The third-order valence-corrected chi connectivity index (χ3v) is 6.42. The molecule has 5 aromatic rings. The normalized spacial score (nSPS) is 10.9. The van der Waals surface area contributed by atoms with Crippen molar-refractivity contribution in [3.63, 3.8) is 0 Å². The van der Waals surface area contributed by atoms with Crippen molar-refractivity contribution in [3.05, 3.63) is 118 Å². The van der Waals surface area contributed by atoms with Crippen LogP contribution in [0.2, 0.25) is 0 Å². The molecule has 190 valence electrons. The van der Waals surface area contributed by atoms with Gasteiger partial charge >= 0.3 is 0 Å². The average molecular weight is 506 g/mol. The summed E-state index contributed by atoms with van der Waals surface area (Å²) in [6, 6.07) is 23.7. The molecular weight excluding hydrogens is 478 g/mol. The summed E-state index contributed by atoms with van der Waals surface area (Å²) in [5, 5.41) is 6.36. The minimum Gasteiger partial charge on any atom is -0.397 e. The van der Waals surface area contributed by atoms with E-state index < -0.39 is 0 Å². The number of hydrogen-bond acceptors (Lipinski definition) is 4. The number of carbonyl (C=O) groups is 2. The molecule has 0 bridgehead atoms. The highest BCUT2D eigenvalue weighted by Gasteiger charge is 2.16. The molecule has 2 aromatic heterocycles. The Morgan fingerprint density at radius 3 is 2.45 bits per heavy atom. The molecule has 8 heteroatoms. The highest BCUT2D eigenvalue weighted by Crippen LogP contribution is 2.28. The molecule has 0 unspecified atom stereocenters. The van der Waals surface area contributed by atoms with Gasteiger partial charge in [0, 0.05) is 36.3 Å². The molecule has 8 nitrogen and oxygen atoms in total. The molecule has 0 aliphatic carbocycles. The van der Waals surface area contributed by atoms with Crippen molar-refractivity contribution in [2.75, 3.05) is 11.1 Å². The third kappa shape index (κ3) is 4.92. The van der Waals surface area contributed by atoms with Gasteiger partial charge in [-0.2, -0.15) is 0 Å². The van der Waals surface area contributed by atoms with Gasteiger partial charge in [-0.25, -0.2) is 0 Å². The second kappa shape index (κ2) is 10.1.